The average molecular weight is 346 g/mol. The topological polar surface area (TPSA) is 68.1 Å². The van der Waals surface area contributed by atoms with Crippen molar-refractivity contribution in [2.45, 2.75) is 12.0 Å². The van der Waals surface area contributed by atoms with Crippen molar-refractivity contribution >= 4 is 17.6 Å². The zero-order valence-corrected chi connectivity index (χ0v) is 14.4. The molecule has 1 N–H and O–H groups in total. The summed E-state index contributed by atoms with van der Waals surface area (Å²) in [4.78, 5) is 11.5. The van der Waals surface area contributed by atoms with Gasteiger partial charge in [0.15, 0.2) is 5.82 Å². The number of thioether (sulfide) groups is 1. The van der Waals surface area contributed by atoms with E-state index in [1.165, 1.54) is 12.2 Å². The van der Waals surface area contributed by atoms with E-state index in [4.69, 9.17) is 4.74 Å². The van der Waals surface area contributed by atoms with E-state index in [1.54, 1.807) is 23.3 Å². The maximum atomic E-state index is 5.52. The van der Waals surface area contributed by atoms with Gasteiger partial charge in [0.1, 0.15) is 5.82 Å². The van der Waals surface area contributed by atoms with E-state index >= 15 is 0 Å². The molecule has 2 fully saturated rings. The Morgan fingerprint density at radius 1 is 1.29 bits per heavy atom. The Kier molecular flexibility index (Phi) is 4.68. The number of anilines is 1. The Balaban J connectivity index is 1.47. The van der Waals surface area contributed by atoms with Crippen molar-refractivity contribution < 1.29 is 4.74 Å². The molecule has 0 bridgehead atoms. The third kappa shape index (κ3) is 3.26. The third-order valence-electron chi connectivity index (χ3n) is 4.72. The predicted octanol–water partition coefficient (Wildman–Crippen LogP) is 1.28. The van der Waals surface area contributed by atoms with E-state index in [0.29, 0.717) is 0 Å². The maximum absolute atomic E-state index is 5.52. The molecular weight excluding hydrogens is 324 g/mol. The highest BCUT2D eigenvalue weighted by molar-refractivity contribution is 7.99. The molecule has 2 saturated heterocycles. The smallest absolute Gasteiger partial charge is 0.173 e. The molecule has 7 nitrogen and oxygen atoms in total. The number of hydrogen-bond donors (Lipinski definition) is 1. The summed E-state index contributed by atoms with van der Waals surface area (Å²) in [5, 5.41) is 7.73. The maximum Gasteiger partial charge on any atom is 0.173 e. The van der Waals surface area contributed by atoms with Gasteiger partial charge in [-0.15, -0.1) is 0 Å². The largest absolute Gasteiger partial charge is 0.379 e. The van der Waals surface area contributed by atoms with Gasteiger partial charge in [-0.25, -0.2) is 9.67 Å². The monoisotopic (exact) mass is 346 g/mol. The minimum absolute atomic E-state index is 0.192. The molecule has 2 aromatic heterocycles. The van der Waals surface area contributed by atoms with Crippen LogP contribution in [0, 0.1) is 0 Å². The molecule has 0 spiro atoms. The van der Waals surface area contributed by atoms with E-state index in [1.807, 2.05) is 24.0 Å². The summed E-state index contributed by atoms with van der Waals surface area (Å²) in [5.74, 6) is 3.91. The van der Waals surface area contributed by atoms with Crippen LogP contribution in [0.4, 0.5) is 5.82 Å². The van der Waals surface area contributed by atoms with Gasteiger partial charge in [0.2, 0.25) is 0 Å². The summed E-state index contributed by atoms with van der Waals surface area (Å²) < 4.78 is 7.25. The Labute approximate surface area is 145 Å². The summed E-state index contributed by atoms with van der Waals surface area (Å²) in [6, 6.07) is 1.88. The molecule has 0 saturated carbocycles. The summed E-state index contributed by atoms with van der Waals surface area (Å²) in [5.41, 5.74) is 0.192. The van der Waals surface area contributed by atoms with Crippen LogP contribution in [0.2, 0.25) is 0 Å². The van der Waals surface area contributed by atoms with Crippen LogP contribution in [0.25, 0.3) is 5.82 Å². The highest BCUT2D eigenvalue weighted by Crippen LogP contribution is 2.34. The Morgan fingerprint density at radius 3 is 2.96 bits per heavy atom. The van der Waals surface area contributed by atoms with Crippen LogP contribution in [0.3, 0.4) is 0 Å². The summed E-state index contributed by atoms with van der Waals surface area (Å²) >= 11 is 2.04. The Bertz CT molecular complexity index is 652. The third-order valence-corrected chi connectivity index (χ3v) is 5.96. The summed E-state index contributed by atoms with van der Waals surface area (Å²) in [6.45, 7) is 4.59. The molecule has 0 radical (unpaired) electrons. The van der Waals surface area contributed by atoms with Crippen molar-refractivity contribution in [2.75, 3.05) is 49.7 Å². The van der Waals surface area contributed by atoms with Gasteiger partial charge in [0.25, 0.3) is 0 Å². The van der Waals surface area contributed by atoms with Crippen molar-refractivity contribution in [1.82, 2.24) is 24.6 Å². The van der Waals surface area contributed by atoms with Gasteiger partial charge in [-0.1, -0.05) is 0 Å². The lowest BCUT2D eigenvalue weighted by Gasteiger charge is -2.43. The van der Waals surface area contributed by atoms with Gasteiger partial charge in [-0.2, -0.15) is 16.9 Å². The molecule has 2 aromatic rings. The van der Waals surface area contributed by atoms with Gasteiger partial charge >= 0.3 is 0 Å². The molecule has 4 rings (SSSR count). The number of hydrogen-bond acceptors (Lipinski definition) is 7. The van der Waals surface area contributed by atoms with Crippen molar-refractivity contribution in [3.05, 3.63) is 30.9 Å². The molecule has 128 valence electrons. The highest BCUT2D eigenvalue weighted by Gasteiger charge is 2.40. The quantitative estimate of drug-likeness (QED) is 0.875. The molecule has 0 aromatic carbocycles. The van der Waals surface area contributed by atoms with E-state index < -0.39 is 0 Å². The summed E-state index contributed by atoms with van der Waals surface area (Å²) in [7, 11) is 0. The molecule has 0 aliphatic carbocycles. The standard InChI is InChI=1S/C16H22N6OS/c1-3-19-22(4-1)15-11-17-10-14(20-15)18-12-16(2-9-24-13-16)21-5-7-23-8-6-21/h1,3-4,10-11H,2,5-9,12-13H2,(H,18,20)/t16-/m1/s1. The van der Waals surface area contributed by atoms with Crippen LogP contribution in [0.5, 0.6) is 0 Å². The lowest BCUT2D eigenvalue weighted by molar-refractivity contribution is -0.00922. The Morgan fingerprint density at radius 2 is 2.21 bits per heavy atom. The fourth-order valence-corrected chi connectivity index (χ4v) is 4.82. The molecule has 4 heterocycles. The van der Waals surface area contributed by atoms with Gasteiger partial charge in [0.05, 0.1) is 25.6 Å². The number of nitrogens with zero attached hydrogens (tertiary/aromatic N) is 5. The molecule has 0 amide bonds. The number of aromatic nitrogens is 4. The Hall–Kier alpha value is -1.64. The van der Waals surface area contributed by atoms with Crippen LogP contribution < -0.4 is 5.32 Å². The van der Waals surface area contributed by atoms with Crippen molar-refractivity contribution in [2.24, 2.45) is 0 Å². The average Bonchev–Trinajstić information content (AvgIpc) is 3.34. The molecule has 2 aliphatic rings. The second-order valence-electron chi connectivity index (χ2n) is 6.19. The lowest BCUT2D eigenvalue weighted by Crippen LogP contribution is -2.57. The number of rotatable bonds is 5. The first-order chi connectivity index (χ1) is 11.9. The van der Waals surface area contributed by atoms with E-state index in [2.05, 4.69) is 25.3 Å². The zero-order valence-electron chi connectivity index (χ0n) is 13.6. The van der Waals surface area contributed by atoms with Crippen LogP contribution in [-0.4, -0.2) is 74.5 Å². The second kappa shape index (κ2) is 7.08. The molecule has 8 heteroatoms. The van der Waals surface area contributed by atoms with Crippen molar-refractivity contribution in [1.29, 1.82) is 0 Å². The number of morpholine rings is 1. The van der Waals surface area contributed by atoms with E-state index in [0.717, 1.165) is 50.2 Å². The first kappa shape index (κ1) is 15.9. The van der Waals surface area contributed by atoms with Crippen molar-refractivity contribution in [3.8, 4) is 5.82 Å². The first-order valence-electron chi connectivity index (χ1n) is 8.32. The second-order valence-corrected chi connectivity index (χ2v) is 7.30. The highest BCUT2D eigenvalue weighted by atomic mass is 32.2. The molecule has 2 aliphatic heterocycles. The summed E-state index contributed by atoms with van der Waals surface area (Å²) in [6.07, 6.45) is 8.32. The van der Waals surface area contributed by atoms with Gasteiger partial charge in [-0.05, 0) is 18.2 Å². The van der Waals surface area contributed by atoms with Gasteiger partial charge < -0.3 is 10.1 Å². The SMILES string of the molecule is c1cnn(-c2cncc(NC[C@]3(N4CCOCC4)CCSC3)n2)c1. The van der Waals surface area contributed by atoms with Crippen LogP contribution in [0.1, 0.15) is 6.42 Å². The molecular formula is C16H22N6OS. The number of ether oxygens (including phenoxy) is 1. The van der Waals surface area contributed by atoms with Gasteiger partial charge in [-0.3, -0.25) is 9.88 Å². The molecule has 0 unspecified atom stereocenters. The van der Waals surface area contributed by atoms with Gasteiger partial charge in [0, 0.05) is 43.3 Å². The fourth-order valence-electron chi connectivity index (χ4n) is 3.35. The molecule has 24 heavy (non-hydrogen) atoms. The molecule has 1 atom stereocenters. The lowest BCUT2D eigenvalue weighted by atomic mass is 9.95. The minimum Gasteiger partial charge on any atom is -0.379 e. The minimum atomic E-state index is 0.192. The zero-order chi connectivity index (χ0) is 16.2. The van der Waals surface area contributed by atoms with Crippen LogP contribution in [0.15, 0.2) is 30.9 Å². The van der Waals surface area contributed by atoms with E-state index in [9.17, 15) is 0 Å². The number of nitrogens with one attached hydrogen (secondary N) is 1. The fraction of sp³-hybridized carbons (Fsp3) is 0.562. The van der Waals surface area contributed by atoms with E-state index in [-0.39, 0.29) is 5.54 Å². The van der Waals surface area contributed by atoms with Crippen LogP contribution >= 0.6 is 11.8 Å². The first-order valence-corrected chi connectivity index (χ1v) is 9.48. The predicted molar refractivity (Wildman–Crippen MR) is 94.7 cm³/mol. The van der Waals surface area contributed by atoms with Crippen LogP contribution in [-0.2, 0) is 4.74 Å². The van der Waals surface area contributed by atoms with Crippen molar-refractivity contribution in [3.63, 3.8) is 0 Å². The normalized spacial score (nSPS) is 25.0.